The molecule has 2 aromatic heterocycles. The molecule has 1 fully saturated rings. The molecule has 0 spiro atoms. The molecule has 3 heterocycles. The summed E-state index contributed by atoms with van der Waals surface area (Å²) in [5.41, 5.74) is 1.71. The molecule has 1 aliphatic rings. The normalized spacial score (nSPS) is 16.9. The minimum absolute atomic E-state index is 0.0946. The number of amides is 1. The third-order valence-electron chi connectivity index (χ3n) is 5.73. The first-order chi connectivity index (χ1) is 14.7. The number of fused-ring (bicyclic) bond motifs is 2. The van der Waals surface area contributed by atoms with Crippen molar-refractivity contribution in [1.82, 2.24) is 19.7 Å². The maximum absolute atomic E-state index is 12.9. The Morgan fingerprint density at radius 1 is 1.13 bits per heavy atom. The predicted molar refractivity (Wildman–Crippen MR) is 119 cm³/mol. The summed E-state index contributed by atoms with van der Waals surface area (Å²) >= 11 is 1.74. The van der Waals surface area contributed by atoms with Gasteiger partial charge in [-0.3, -0.25) is 14.3 Å². The second-order valence-corrected chi connectivity index (χ2v) is 8.76. The number of rotatable bonds is 4. The van der Waals surface area contributed by atoms with Gasteiger partial charge in [0.25, 0.3) is 0 Å². The third-order valence-corrected chi connectivity index (χ3v) is 6.93. The fourth-order valence-corrected chi connectivity index (χ4v) is 5.26. The fraction of sp³-hybridized carbons (Fsp3) is 0.304. The average Bonchev–Trinajstić information content (AvgIpc) is 3.23. The van der Waals surface area contributed by atoms with Gasteiger partial charge < -0.3 is 4.90 Å². The van der Waals surface area contributed by atoms with Crippen LogP contribution < -0.4 is 5.43 Å². The van der Waals surface area contributed by atoms with Crippen LogP contribution in [0.25, 0.3) is 21.1 Å². The lowest BCUT2D eigenvalue weighted by Gasteiger charge is -2.32. The minimum atomic E-state index is -0.0946. The Kier molecular flexibility index (Phi) is 5.04. The number of likely N-dealkylation sites (tertiary alicyclic amines) is 1. The zero-order chi connectivity index (χ0) is 20.5. The average molecular weight is 419 g/mol. The first-order valence-corrected chi connectivity index (χ1v) is 11.1. The highest BCUT2D eigenvalue weighted by Crippen LogP contribution is 2.33. The predicted octanol–water partition coefficient (Wildman–Crippen LogP) is 3.80. The maximum atomic E-state index is 12.9. The Hall–Kier alpha value is -3.06. The number of aromatic nitrogens is 3. The third kappa shape index (κ3) is 3.61. The molecule has 1 saturated heterocycles. The number of hydrogen-bond donors (Lipinski definition) is 0. The van der Waals surface area contributed by atoms with Gasteiger partial charge in [0.15, 0.2) is 0 Å². The van der Waals surface area contributed by atoms with Crippen molar-refractivity contribution in [3.63, 3.8) is 0 Å². The van der Waals surface area contributed by atoms with Crippen molar-refractivity contribution in [2.45, 2.75) is 31.7 Å². The zero-order valence-corrected chi connectivity index (χ0v) is 17.3. The van der Waals surface area contributed by atoms with Crippen molar-refractivity contribution < 1.29 is 4.79 Å². The van der Waals surface area contributed by atoms with E-state index in [0.717, 1.165) is 42.0 Å². The molecule has 0 bridgehead atoms. The molecular formula is C23H22N4O2S. The molecule has 152 valence electrons. The summed E-state index contributed by atoms with van der Waals surface area (Å²) in [5.74, 6) is 0.428. The second kappa shape index (κ2) is 7.99. The highest BCUT2D eigenvalue weighted by Gasteiger charge is 2.26. The molecule has 5 rings (SSSR count). The van der Waals surface area contributed by atoms with E-state index < -0.39 is 0 Å². The van der Waals surface area contributed by atoms with Gasteiger partial charge >= 0.3 is 0 Å². The van der Waals surface area contributed by atoms with E-state index >= 15 is 0 Å². The Bertz CT molecular complexity index is 1250. The van der Waals surface area contributed by atoms with E-state index in [9.17, 15) is 9.59 Å². The zero-order valence-electron chi connectivity index (χ0n) is 16.5. The summed E-state index contributed by atoms with van der Waals surface area (Å²) in [4.78, 5) is 31.7. The van der Waals surface area contributed by atoms with Gasteiger partial charge in [0.05, 0.1) is 33.5 Å². The summed E-state index contributed by atoms with van der Waals surface area (Å²) in [5, 5.41) is 6.00. The van der Waals surface area contributed by atoms with Crippen molar-refractivity contribution in [3.05, 3.63) is 70.0 Å². The standard InChI is InChI=1S/C23H22N4O2S/c28-20-14-24-27(19-9-3-1-7-17(19)20)13-11-22(29)26-12-5-6-16(15-26)23-25-18-8-2-4-10-21(18)30-23/h1-4,7-10,14,16H,5-6,11-13,15H2/t16-/m1/s1. The van der Waals surface area contributed by atoms with Crippen LogP contribution in [0.15, 0.2) is 59.5 Å². The van der Waals surface area contributed by atoms with Crippen LogP contribution >= 0.6 is 11.3 Å². The molecule has 0 saturated carbocycles. The summed E-state index contributed by atoms with van der Waals surface area (Å²) in [6.07, 6.45) is 3.75. The second-order valence-electron chi connectivity index (χ2n) is 7.70. The van der Waals surface area contributed by atoms with Crippen LogP contribution in [-0.2, 0) is 11.3 Å². The Labute approximate surface area is 177 Å². The lowest BCUT2D eigenvalue weighted by Crippen LogP contribution is -2.39. The van der Waals surface area contributed by atoms with Crippen molar-refractivity contribution in [3.8, 4) is 0 Å². The molecule has 4 aromatic rings. The number of thiazole rings is 1. The number of para-hydroxylation sites is 2. The van der Waals surface area contributed by atoms with E-state index in [2.05, 4.69) is 11.2 Å². The van der Waals surface area contributed by atoms with Crippen molar-refractivity contribution in [2.24, 2.45) is 0 Å². The fourth-order valence-electron chi connectivity index (χ4n) is 4.17. The SMILES string of the molecule is O=C(CCn1ncc(=O)c2ccccc21)N1CCC[C@@H](c2nc3ccccc3s2)C1. The van der Waals surface area contributed by atoms with Crippen LogP contribution in [-0.4, -0.2) is 38.7 Å². The van der Waals surface area contributed by atoms with Gasteiger partial charge in [0, 0.05) is 30.8 Å². The van der Waals surface area contributed by atoms with Crippen LogP contribution in [0.5, 0.6) is 0 Å². The number of aryl methyl sites for hydroxylation is 1. The molecule has 2 aromatic carbocycles. The molecule has 30 heavy (non-hydrogen) atoms. The van der Waals surface area contributed by atoms with E-state index in [1.165, 1.54) is 10.9 Å². The van der Waals surface area contributed by atoms with Crippen molar-refractivity contribution in [2.75, 3.05) is 13.1 Å². The first-order valence-electron chi connectivity index (χ1n) is 10.3. The number of benzene rings is 2. The molecule has 1 amide bonds. The molecular weight excluding hydrogens is 396 g/mol. The van der Waals surface area contributed by atoms with Gasteiger partial charge in [-0.05, 0) is 37.1 Å². The first kappa shape index (κ1) is 18.9. The molecule has 7 heteroatoms. The van der Waals surface area contributed by atoms with Gasteiger partial charge in [0.2, 0.25) is 11.3 Å². The monoisotopic (exact) mass is 418 g/mol. The summed E-state index contributed by atoms with van der Waals surface area (Å²) < 4.78 is 2.95. The molecule has 0 N–H and O–H groups in total. The van der Waals surface area contributed by atoms with E-state index in [1.54, 1.807) is 22.1 Å². The number of carbonyl (C=O) groups is 1. The Morgan fingerprint density at radius 2 is 1.97 bits per heavy atom. The smallest absolute Gasteiger partial charge is 0.224 e. The van der Waals surface area contributed by atoms with Crippen LogP contribution in [0.3, 0.4) is 0 Å². The highest BCUT2D eigenvalue weighted by atomic mass is 32.1. The summed E-state index contributed by atoms with van der Waals surface area (Å²) in [7, 11) is 0. The van der Waals surface area contributed by atoms with Gasteiger partial charge in [-0.1, -0.05) is 24.3 Å². The van der Waals surface area contributed by atoms with Crippen molar-refractivity contribution >= 4 is 38.4 Å². The van der Waals surface area contributed by atoms with Gasteiger partial charge in [0.1, 0.15) is 0 Å². The van der Waals surface area contributed by atoms with Gasteiger partial charge in [-0.25, -0.2) is 4.98 Å². The van der Waals surface area contributed by atoms with Crippen molar-refractivity contribution in [1.29, 1.82) is 0 Å². The molecule has 0 unspecified atom stereocenters. The number of piperidine rings is 1. The van der Waals surface area contributed by atoms with Crippen LogP contribution in [0.4, 0.5) is 0 Å². The van der Waals surface area contributed by atoms with E-state index in [0.29, 0.717) is 24.3 Å². The number of carbonyl (C=O) groups excluding carboxylic acids is 1. The lowest BCUT2D eigenvalue weighted by atomic mass is 9.98. The molecule has 1 atom stereocenters. The number of hydrogen-bond acceptors (Lipinski definition) is 5. The van der Waals surface area contributed by atoms with Crippen LogP contribution in [0.2, 0.25) is 0 Å². The van der Waals surface area contributed by atoms with E-state index in [-0.39, 0.29) is 11.3 Å². The van der Waals surface area contributed by atoms with Crippen LogP contribution in [0, 0.1) is 0 Å². The topological polar surface area (TPSA) is 68.1 Å². The Morgan fingerprint density at radius 3 is 2.87 bits per heavy atom. The van der Waals surface area contributed by atoms with E-state index in [1.807, 2.05) is 41.3 Å². The quantitative estimate of drug-likeness (QED) is 0.506. The largest absolute Gasteiger partial charge is 0.342 e. The maximum Gasteiger partial charge on any atom is 0.224 e. The summed E-state index contributed by atoms with van der Waals surface area (Å²) in [6.45, 7) is 1.97. The lowest BCUT2D eigenvalue weighted by molar-refractivity contribution is -0.132. The van der Waals surface area contributed by atoms with Gasteiger partial charge in [-0.2, -0.15) is 5.10 Å². The molecule has 0 aliphatic carbocycles. The highest BCUT2D eigenvalue weighted by molar-refractivity contribution is 7.18. The van der Waals surface area contributed by atoms with E-state index in [4.69, 9.17) is 4.98 Å². The molecule has 1 aliphatic heterocycles. The van der Waals surface area contributed by atoms with Gasteiger partial charge in [-0.15, -0.1) is 11.3 Å². The number of nitrogens with zero attached hydrogens (tertiary/aromatic N) is 4. The molecule has 6 nitrogen and oxygen atoms in total. The molecule has 0 radical (unpaired) electrons. The minimum Gasteiger partial charge on any atom is -0.342 e. The summed E-state index contributed by atoms with van der Waals surface area (Å²) in [6, 6.07) is 15.6. The Balaban J connectivity index is 1.28. The van der Waals surface area contributed by atoms with Crippen LogP contribution in [0.1, 0.15) is 30.2 Å².